The van der Waals surface area contributed by atoms with Gasteiger partial charge >= 0.3 is 0 Å². The number of aryl methyl sites for hydroxylation is 2. The Balaban J connectivity index is 2.10. The average molecular weight is 619 g/mol. The third kappa shape index (κ3) is 8.03. The number of hydrogen-bond acceptors (Lipinski definition) is 4. The quantitative estimate of drug-likeness (QED) is 0.250. The van der Waals surface area contributed by atoms with Crippen molar-refractivity contribution in [2.75, 3.05) is 10.8 Å². The van der Waals surface area contributed by atoms with Crippen LogP contribution in [0.5, 0.6) is 0 Å². The maximum Gasteiger partial charge on any atom is 0.264 e. The fourth-order valence-corrected chi connectivity index (χ4v) is 6.33. The van der Waals surface area contributed by atoms with Gasteiger partial charge in [0.1, 0.15) is 12.6 Å². The monoisotopic (exact) mass is 617 g/mol. The highest BCUT2D eigenvalue weighted by Crippen LogP contribution is 2.29. The minimum Gasteiger partial charge on any atom is -0.352 e. The highest BCUT2D eigenvalue weighted by atomic mass is 35.5. The van der Waals surface area contributed by atoms with Gasteiger partial charge in [-0.1, -0.05) is 79.0 Å². The van der Waals surface area contributed by atoms with Gasteiger partial charge in [0.05, 0.1) is 20.6 Å². The van der Waals surface area contributed by atoms with Crippen LogP contribution in [0.4, 0.5) is 5.69 Å². The number of benzene rings is 3. The van der Waals surface area contributed by atoms with Crippen LogP contribution in [0.2, 0.25) is 10.0 Å². The van der Waals surface area contributed by atoms with E-state index < -0.39 is 28.5 Å². The summed E-state index contributed by atoms with van der Waals surface area (Å²) in [5, 5.41) is 3.65. The maximum absolute atomic E-state index is 14.2. The summed E-state index contributed by atoms with van der Waals surface area (Å²) in [5.41, 5.74) is 2.71. The highest BCUT2D eigenvalue weighted by molar-refractivity contribution is 7.92. The van der Waals surface area contributed by atoms with Crippen molar-refractivity contribution in [2.45, 2.75) is 71.0 Å². The van der Waals surface area contributed by atoms with Gasteiger partial charge in [-0.2, -0.15) is 0 Å². The Morgan fingerprint density at radius 2 is 1.59 bits per heavy atom. The molecular weight excluding hydrogens is 581 g/mol. The molecule has 0 saturated carbocycles. The normalized spacial score (nSPS) is 12.9. The molecule has 1 N–H and O–H groups in total. The van der Waals surface area contributed by atoms with E-state index in [-0.39, 0.29) is 23.4 Å². The van der Waals surface area contributed by atoms with Gasteiger partial charge in [-0.15, -0.1) is 0 Å². The van der Waals surface area contributed by atoms with Crippen LogP contribution in [0.15, 0.2) is 71.6 Å². The Morgan fingerprint density at radius 1 is 0.902 bits per heavy atom. The Morgan fingerprint density at radius 3 is 2.17 bits per heavy atom. The molecule has 2 atom stereocenters. The molecule has 0 saturated heterocycles. The van der Waals surface area contributed by atoms with E-state index in [0.29, 0.717) is 33.3 Å². The third-order valence-corrected chi connectivity index (χ3v) is 9.47. The zero-order chi connectivity index (χ0) is 30.3. The summed E-state index contributed by atoms with van der Waals surface area (Å²) < 4.78 is 29.1. The lowest BCUT2D eigenvalue weighted by molar-refractivity contribution is -0.140. The average Bonchev–Trinajstić information content (AvgIpc) is 2.94. The van der Waals surface area contributed by atoms with Crippen molar-refractivity contribution in [1.29, 1.82) is 0 Å². The molecule has 0 radical (unpaired) electrons. The first kappa shape index (κ1) is 32.4. The Kier molecular flexibility index (Phi) is 11.2. The number of halogens is 2. The van der Waals surface area contributed by atoms with Crippen molar-refractivity contribution in [3.63, 3.8) is 0 Å². The molecule has 220 valence electrons. The van der Waals surface area contributed by atoms with Crippen LogP contribution in [0, 0.1) is 13.8 Å². The number of sulfonamides is 1. The van der Waals surface area contributed by atoms with E-state index in [4.69, 9.17) is 23.2 Å². The van der Waals surface area contributed by atoms with E-state index in [9.17, 15) is 18.0 Å². The van der Waals surface area contributed by atoms with Gasteiger partial charge in [0.2, 0.25) is 11.8 Å². The van der Waals surface area contributed by atoms with Gasteiger partial charge in [0.15, 0.2) is 0 Å². The molecule has 3 aromatic rings. The van der Waals surface area contributed by atoms with Crippen LogP contribution in [0.1, 0.15) is 50.3 Å². The number of rotatable bonds is 12. The number of amides is 2. The molecule has 7 nitrogen and oxygen atoms in total. The Labute approximate surface area is 253 Å². The lowest BCUT2D eigenvalue weighted by atomic mass is 10.1. The third-order valence-electron chi connectivity index (χ3n) is 6.95. The number of carbonyl (C=O) groups is 2. The molecule has 3 rings (SSSR count). The molecular formula is C31H37Cl2N3O4S. The second-order valence-corrected chi connectivity index (χ2v) is 12.8. The number of hydrogen-bond donors (Lipinski definition) is 1. The number of nitrogens with one attached hydrogen (secondary N) is 1. The topological polar surface area (TPSA) is 86.8 Å². The number of carbonyl (C=O) groups excluding carboxylic acids is 2. The Bertz CT molecular complexity index is 1480. The fourth-order valence-electron chi connectivity index (χ4n) is 4.51. The lowest BCUT2D eigenvalue weighted by Crippen LogP contribution is -2.53. The molecule has 10 heteroatoms. The first-order chi connectivity index (χ1) is 19.4. The van der Waals surface area contributed by atoms with Gasteiger partial charge in [0, 0.05) is 12.6 Å². The molecule has 2 amide bonds. The largest absolute Gasteiger partial charge is 0.352 e. The van der Waals surface area contributed by atoms with E-state index in [0.717, 1.165) is 16.3 Å². The van der Waals surface area contributed by atoms with Gasteiger partial charge in [-0.25, -0.2) is 8.42 Å². The molecule has 0 aromatic heterocycles. The molecule has 41 heavy (non-hydrogen) atoms. The van der Waals surface area contributed by atoms with Gasteiger partial charge in [0.25, 0.3) is 10.0 Å². The smallest absolute Gasteiger partial charge is 0.264 e. The van der Waals surface area contributed by atoms with Crippen molar-refractivity contribution < 1.29 is 18.0 Å². The zero-order valence-corrected chi connectivity index (χ0v) is 26.4. The molecule has 3 aromatic carbocycles. The molecule has 0 fully saturated rings. The minimum atomic E-state index is -4.13. The summed E-state index contributed by atoms with van der Waals surface area (Å²) in [6, 6.07) is 17.5. The summed E-state index contributed by atoms with van der Waals surface area (Å²) >= 11 is 12.4. The summed E-state index contributed by atoms with van der Waals surface area (Å²) in [5.74, 6) is -0.832. The highest BCUT2D eigenvalue weighted by Gasteiger charge is 2.34. The van der Waals surface area contributed by atoms with Crippen molar-refractivity contribution in [1.82, 2.24) is 10.2 Å². The van der Waals surface area contributed by atoms with E-state index >= 15 is 0 Å². The maximum atomic E-state index is 14.2. The summed E-state index contributed by atoms with van der Waals surface area (Å²) in [7, 11) is -4.13. The fraction of sp³-hybridized carbons (Fsp3) is 0.355. The Hall–Kier alpha value is -3.07. The van der Waals surface area contributed by atoms with Gasteiger partial charge in [-0.05, 0) is 75.1 Å². The lowest BCUT2D eigenvalue weighted by Gasteiger charge is -2.34. The van der Waals surface area contributed by atoms with Crippen LogP contribution in [-0.2, 0) is 26.2 Å². The first-order valence-electron chi connectivity index (χ1n) is 13.6. The molecule has 0 aliphatic heterocycles. The van der Waals surface area contributed by atoms with Crippen molar-refractivity contribution in [2.24, 2.45) is 0 Å². The molecule has 2 unspecified atom stereocenters. The molecule has 0 aliphatic carbocycles. The molecule has 0 heterocycles. The van der Waals surface area contributed by atoms with Crippen LogP contribution >= 0.6 is 23.2 Å². The number of nitrogens with zero attached hydrogens (tertiary/aromatic N) is 2. The van der Waals surface area contributed by atoms with Crippen LogP contribution in [0.3, 0.4) is 0 Å². The second kappa shape index (κ2) is 14.2. The molecule has 0 spiro atoms. The van der Waals surface area contributed by atoms with E-state index in [1.54, 1.807) is 42.5 Å². The van der Waals surface area contributed by atoms with Crippen molar-refractivity contribution >= 4 is 50.7 Å². The van der Waals surface area contributed by atoms with Crippen LogP contribution in [0.25, 0.3) is 0 Å². The van der Waals surface area contributed by atoms with Crippen LogP contribution < -0.4 is 9.62 Å². The summed E-state index contributed by atoms with van der Waals surface area (Å²) in [6.07, 6.45) is 1.04. The van der Waals surface area contributed by atoms with E-state index in [1.807, 2.05) is 46.8 Å². The molecule has 0 aliphatic rings. The molecule has 0 bridgehead atoms. The minimum absolute atomic E-state index is 0.0360. The number of anilines is 1. The predicted molar refractivity (Wildman–Crippen MR) is 166 cm³/mol. The SMILES string of the molecule is CCC(C)NC(=O)C(CC)N(Cc1ccc(Cl)c(Cl)c1)C(=O)CN(c1ccc(C)cc1C)S(=O)(=O)c1ccccc1. The summed E-state index contributed by atoms with van der Waals surface area (Å²) in [4.78, 5) is 29.0. The summed E-state index contributed by atoms with van der Waals surface area (Å²) in [6.45, 7) is 8.92. The standard InChI is InChI=1S/C31H37Cl2N3O4S/c1-6-23(5)34-31(38)28(7-2)35(19-24-14-15-26(32)27(33)18-24)30(37)20-36(29-16-13-21(3)17-22(29)4)41(39,40)25-11-9-8-10-12-25/h8-18,23,28H,6-7,19-20H2,1-5H3,(H,34,38). The first-order valence-corrected chi connectivity index (χ1v) is 15.8. The zero-order valence-electron chi connectivity index (χ0n) is 24.0. The predicted octanol–water partition coefficient (Wildman–Crippen LogP) is 6.53. The van der Waals surface area contributed by atoms with E-state index in [2.05, 4.69) is 5.32 Å². The second-order valence-electron chi connectivity index (χ2n) is 10.1. The van der Waals surface area contributed by atoms with E-state index in [1.165, 1.54) is 17.0 Å². The van der Waals surface area contributed by atoms with Crippen LogP contribution in [-0.4, -0.2) is 43.8 Å². The van der Waals surface area contributed by atoms with Gasteiger partial charge < -0.3 is 10.2 Å². The van der Waals surface area contributed by atoms with Crippen molar-refractivity contribution in [3.05, 3.63) is 93.5 Å². The van der Waals surface area contributed by atoms with Crippen molar-refractivity contribution in [3.8, 4) is 0 Å². The van der Waals surface area contributed by atoms with Gasteiger partial charge in [-0.3, -0.25) is 13.9 Å².